The van der Waals surface area contributed by atoms with Crippen LogP contribution in [-0.2, 0) is 16.1 Å². The number of carbonyl (C=O) groups is 2. The second-order valence-corrected chi connectivity index (χ2v) is 6.39. The van der Waals surface area contributed by atoms with E-state index in [9.17, 15) is 14.7 Å². The first-order chi connectivity index (χ1) is 11.1. The van der Waals surface area contributed by atoms with E-state index in [1.54, 1.807) is 4.90 Å². The van der Waals surface area contributed by atoms with Crippen LogP contribution in [0.4, 0.5) is 0 Å². The highest BCUT2D eigenvalue weighted by Gasteiger charge is 2.35. The SMILES string of the molecule is Cl.O=C(NCC1CNCC1O)C1CC(=O)N(Cc2ccccc2)C1. The Morgan fingerprint density at radius 1 is 1.29 bits per heavy atom. The van der Waals surface area contributed by atoms with Crippen LogP contribution < -0.4 is 10.6 Å². The van der Waals surface area contributed by atoms with Crippen LogP contribution >= 0.6 is 12.4 Å². The van der Waals surface area contributed by atoms with Crippen molar-refractivity contribution in [2.24, 2.45) is 11.8 Å². The Morgan fingerprint density at radius 2 is 2.04 bits per heavy atom. The maximum absolute atomic E-state index is 12.3. The number of carbonyl (C=O) groups excluding carboxylic acids is 2. The number of halogens is 1. The molecule has 3 atom stereocenters. The molecule has 3 unspecified atom stereocenters. The lowest BCUT2D eigenvalue weighted by atomic mass is 10.0. The van der Waals surface area contributed by atoms with E-state index in [0.717, 1.165) is 5.56 Å². The minimum absolute atomic E-state index is 0. The van der Waals surface area contributed by atoms with Gasteiger partial charge in [0.2, 0.25) is 11.8 Å². The Kier molecular flexibility index (Phi) is 6.60. The van der Waals surface area contributed by atoms with Gasteiger partial charge in [-0.1, -0.05) is 30.3 Å². The fourth-order valence-electron chi connectivity index (χ4n) is 3.21. The third-order valence-electron chi connectivity index (χ3n) is 4.64. The van der Waals surface area contributed by atoms with Crippen molar-refractivity contribution in [3.63, 3.8) is 0 Å². The average molecular weight is 354 g/mol. The first kappa shape index (κ1) is 18.7. The predicted octanol–water partition coefficient (Wildman–Crippen LogP) is 0.153. The molecule has 0 bridgehead atoms. The van der Waals surface area contributed by atoms with Gasteiger partial charge < -0.3 is 20.6 Å². The number of nitrogens with one attached hydrogen (secondary N) is 2. The Bertz CT molecular complexity index is 569. The summed E-state index contributed by atoms with van der Waals surface area (Å²) in [5, 5.41) is 15.7. The Hall–Kier alpha value is -1.63. The standard InChI is InChI=1S/C17H23N3O3.ClH/c21-15-9-18-7-14(15)8-19-17(23)13-6-16(22)20(11-13)10-12-4-2-1-3-5-12;/h1-5,13-15,18,21H,6-11H2,(H,19,23);1H. The monoisotopic (exact) mass is 353 g/mol. The summed E-state index contributed by atoms with van der Waals surface area (Å²) in [5.41, 5.74) is 1.07. The highest BCUT2D eigenvalue weighted by Crippen LogP contribution is 2.20. The smallest absolute Gasteiger partial charge is 0.225 e. The third kappa shape index (κ3) is 4.47. The quantitative estimate of drug-likeness (QED) is 0.704. The Morgan fingerprint density at radius 3 is 2.71 bits per heavy atom. The highest BCUT2D eigenvalue weighted by atomic mass is 35.5. The lowest BCUT2D eigenvalue weighted by Crippen LogP contribution is -2.38. The van der Waals surface area contributed by atoms with Crippen LogP contribution in [0.25, 0.3) is 0 Å². The molecular weight excluding hydrogens is 330 g/mol. The van der Waals surface area contributed by atoms with Gasteiger partial charge in [0.25, 0.3) is 0 Å². The molecule has 2 aliphatic heterocycles. The van der Waals surface area contributed by atoms with Crippen LogP contribution in [0.3, 0.4) is 0 Å². The maximum atomic E-state index is 12.3. The molecule has 2 heterocycles. The Balaban J connectivity index is 0.00000208. The number of β-amino-alcohol motifs (C(OH)–C–C–N with tert-alkyl or cyclic N) is 1. The highest BCUT2D eigenvalue weighted by molar-refractivity contribution is 5.89. The van der Waals surface area contributed by atoms with Crippen molar-refractivity contribution >= 4 is 24.2 Å². The number of aliphatic hydroxyl groups excluding tert-OH is 1. The van der Waals surface area contributed by atoms with Crippen LogP contribution in [0.1, 0.15) is 12.0 Å². The molecule has 1 aromatic carbocycles. The van der Waals surface area contributed by atoms with Gasteiger partial charge in [0.15, 0.2) is 0 Å². The largest absolute Gasteiger partial charge is 0.391 e. The van der Waals surface area contributed by atoms with Crippen molar-refractivity contribution in [2.45, 2.75) is 19.1 Å². The number of aliphatic hydroxyl groups is 1. The van der Waals surface area contributed by atoms with Crippen LogP contribution in [0.15, 0.2) is 30.3 Å². The van der Waals surface area contributed by atoms with Gasteiger partial charge in [-0.15, -0.1) is 12.4 Å². The van der Waals surface area contributed by atoms with Crippen LogP contribution in [-0.4, -0.2) is 54.1 Å². The van der Waals surface area contributed by atoms with Gasteiger partial charge in [0.05, 0.1) is 12.0 Å². The van der Waals surface area contributed by atoms with Crippen LogP contribution in [0.2, 0.25) is 0 Å². The van der Waals surface area contributed by atoms with E-state index in [1.807, 2.05) is 30.3 Å². The minimum atomic E-state index is -0.407. The molecule has 0 aromatic heterocycles. The van der Waals surface area contributed by atoms with Crippen LogP contribution in [0.5, 0.6) is 0 Å². The van der Waals surface area contributed by atoms with Gasteiger partial charge in [0.1, 0.15) is 0 Å². The van der Waals surface area contributed by atoms with Gasteiger partial charge in [0, 0.05) is 45.1 Å². The van der Waals surface area contributed by atoms with E-state index in [2.05, 4.69) is 10.6 Å². The molecule has 2 fully saturated rings. The number of nitrogens with zero attached hydrogens (tertiary/aromatic N) is 1. The second-order valence-electron chi connectivity index (χ2n) is 6.39. The van der Waals surface area contributed by atoms with Crippen molar-refractivity contribution < 1.29 is 14.7 Å². The number of hydrogen-bond donors (Lipinski definition) is 3. The molecular formula is C17H24ClN3O3. The molecule has 6 nitrogen and oxygen atoms in total. The zero-order chi connectivity index (χ0) is 16.2. The topological polar surface area (TPSA) is 81.7 Å². The third-order valence-corrected chi connectivity index (χ3v) is 4.64. The van der Waals surface area contributed by atoms with E-state index >= 15 is 0 Å². The Labute approximate surface area is 148 Å². The zero-order valence-corrected chi connectivity index (χ0v) is 14.3. The normalized spacial score (nSPS) is 26.3. The number of rotatable bonds is 5. The van der Waals surface area contributed by atoms with Crippen molar-refractivity contribution in [1.29, 1.82) is 0 Å². The van der Waals surface area contributed by atoms with E-state index < -0.39 is 6.10 Å². The van der Waals surface area contributed by atoms with Gasteiger partial charge in [-0.25, -0.2) is 0 Å². The lowest BCUT2D eigenvalue weighted by Gasteiger charge is -2.18. The first-order valence-corrected chi connectivity index (χ1v) is 8.11. The second kappa shape index (κ2) is 8.46. The van der Waals surface area contributed by atoms with Gasteiger partial charge >= 0.3 is 0 Å². The molecule has 0 radical (unpaired) electrons. The van der Waals surface area contributed by atoms with Gasteiger partial charge in [-0.3, -0.25) is 9.59 Å². The summed E-state index contributed by atoms with van der Waals surface area (Å²) in [7, 11) is 0. The summed E-state index contributed by atoms with van der Waals surface area (Å²) < 4.78 is 0. The zero-order valence-electron chi connectivity index (χ0n) is 13.5. The van der Waals surface area contributed by atoms with Crippen molar-refractivity contribution in [2.75, 3.05) is 26.2 Å². The fourth-order valence-corrected chi connectivity index (χ4v) is 3.21. The maximum Gasteiger partial charge on any atom is 0.225 e. The number of benzene rings is 1. The molecule has 3 rings (SSSR count). The number of amides is 2. The molecule has 7 heteroatoms. The van der Waals surface area contributed by atoms with E-state index in [1.165, 1.54) is 0 Å². The van der Waals surface area contributed by atoms with E-state index in [4.69, 9.17) is 0 Å². The summed E-state index contributed by atoms with van der Waals surface area (Å²) in [4.78, 5) is 26.1. The first-order valence-electron chi connectivity index (χ1n) is 8.11. The summed E-state index contributed by atoms with van der Waals surface area (Å²) in [6.07, 6.45) is -0.139. The van der Waals surface area contributed by atoms with Crippen molar-refractivity contribution in [3.05, 3.63) is 35.9 Å². The number of hydrogen-bond acceptors (Lipinski definition) is 4. The summed E-state index contributed by atoms with van der Waals surface area (Å²) in [6, 6.07) is 9.80. The van der Waals surface area contributed by atoms with Crippen molar-refractivity contribution in [1.82, 2.24) is 15.5 Å². The summed E-state index contributed by atoms with van der Waals surface area (Å²) >= 11 is 0. The number of likely N-dealkylation sites (tertiary alicyclic amines) is 1. The predicted molar refractivity (Wildman–Crippen MR) is 92.6 cm³/mol. The lowest BCUT2D eigenvalue weighted by molar-refractivity contribution is -0.129. The molecule has 2 amide bonds. The molecule has 0 aliphatic carbocycles. The van der Waals surface area contributed by atoms with Crippen molar-refractivity contribution in [3.8, 4) is 0 Å². The fraction of sp³-hybridized carbons (Fsp3) is 0.529. The van der Waals surface area contributed by atoms with Crippen LogP contribution in [0, 0.1) is 11.8 Å². The molecule has 1 aromatic rings. The molecule has 0 spiro atoms. The molecule has 132 valence electrons. The summed E-state index contributed by atoms with van der Waals surface area (Å²) in [5.74, 6) is -0.307. The van der Waals surface area contributed by atoms with E-state index in [-0.39, 0.29) is 42.5 Å². The van der Waals surface area contributed by atoms with Gasteiger partial charge in [-0.05, 0) is 5.56 Å². The molecule has 24 heavy (non-hydrogen) atoms. The molecule has 3 N–H and O–H groups in total. The minimum Gasteiger partial charge on any atom is -0.391 e. The van der Waals surface area contributed by atoms with E-state index in [0.29, 0.717) is 32.7 Å². The molecule has 2 saturated heterocycles. The average Bonchev–Trinajstić information content (AvgIpc) is 3.12. The summed E-state index contributed by atoms with van der Waals surface area (Å²) in [6.45, 7) is 2.76. The van der Waals surface area contributed by atoms with Gasteiger partial charge in [-0.2, -0.15) is 0 Å². The molecule has 0 saturated carbocycles. The molecule has 2 aliphatic rings.